The highest BCUT2D eigenvalue weighted by Crippen LogP contribution is 2.45. The van der Waals surface area contributed by atoms with Crippen LogP contribution in [0, 0.1) is 17.6 Å². The van der Waals surface area contributed by atoms with E-state index >= 15 is 0 Å². The van der Waals surface area contributed by atoms with Gasteiger partial charge < -0.3 is 14.4 Å². The maximum atomic E-state index is 14.6. The van der Waals surface area contributed by atoms with Crippen LogP contribution < -0.4 is 4.74 Å². The number of carbonyl (C=O) groups is 2. The van der Waals surface area contributed by atoms with Crippen LogP contribution >= 0.6 is 0 Å². The molecule has 1 aliphatic carbocycles. The van der Waals surface area contributed by atoms with Crippen molar-refractivity contribution in [3.63, 3.8) is 0 Å². The van der Waals surface area contributed by atoms with Crippen LogP contribution in [-0.2, 0) is 4.74 Å². The molecule has 1 amide bonds. The Balaban J connectivity index is 1.17. The monoisotopic (exact) mass is 517 g/mol. The van der Waals surface area contributed by atoms with E-state index in [0.29, 0.717) is 12.8 Å². The molecule has 3 aromatic carbocycles. The number of halogens is 2. The van der Waals surface area contributed by atoms with Crippen molar-refractivity contribution in [2.75, 3.05) is 13.7 Å². The van der Waals surface area contributed by atoms with E-state index in [9.17, 15) is 18.4 Å². The Morgan fingerprint density at radius 1 is 0.868 bits per heavy atom. The largest absolute Gasteiger partial charge is 0.494 e. The summed E-state index contributed by atoms with van der Waals surface area (Å²) in [6.07, 6.45) is 2.91. The van der Waals surface area contributed by atoms with E-state index in [4.69, 9.17) is 9.47 Å². The molecule has 3 aromatic rings. The van der Waals surface area contributed by atoms with E-state index < -0.39 is 23.3 Å². The van der Waals surface area contributed by atoms with Gasteiger partial charge in [-0.2, -0.15) is 4.39 Å². The molecule has 0 spiro atoms. The zero-order chi connectivity index (χ0) is 26.4. The predicted octanol–water partition coefficient (Wildman–Crippen LogP) is 6.74. The van der Waals surface area contributed by atoms with Gasteiger partial charge in [0.05, 0.1) is 12.7 Å². The van der Waals surface area contributed by atoms with Gasteiger partial charge in [0.25, 0.3) is 0 Å². The molecule has 2 unspecified atom stereocenters. The van der Waals surface area contributed by atoms with Crippen molar-refractivity contribution in [2.45, 2.75) is 50.1 Å². The number of rotatable bonds is 5. The first-order valence-electron chi connectivity index (χ1n) is 13.2. The van der Waals surface area contributed by atoms with Crippen molar-refractivity contribution in [3.05, 3.63) is 89.0 Å². The maximum absolute atomic E-state index is 14.6. The lowest BCUT2D eigenvalue weighted by molar-refractivity contribution is 0.00640. The van der Waals surface area contributed by atoms with Crippen LogP contribution in [0.25, 0.3) is 11.1 Å². The van der Waals surface area contributed by atoms with E-state index in [1.54, 1.807) is 4.90 Å². The first-order chi connectivity index (χ1) is 18.5. The quantitative estimate of drug-likeness (QED) is 0.352. The molecule has 0 saturated carbocycles. The number of piperidine rings is 2. The zero-order valence-electron chi connectivity index (χ0n) is 21.2. The van der Waals surface area contributed by atoms with E-state index in [2.05, 4.69) is 24.3 Å². The number of nitrogens with zero attached hydrogens (tertiary/aromatic N) is 1. The summed E-state index contributed by atoms with van der Waals surface area (Å²) in [4.78, 5) is 28.4. The third-order valence-corrected chi connectivity index (χ3v) is 8.42. The van der Waals surface area contributed by atoms with Crippen LogP contribution in [0.5, 0.6) is 5.75 Å². The number of hydrogen-bond donors (Lipinski definition) is 0. The molecule has 196 valence electrons. The Kier molecular flexibility index (Phi) is 6.38. The number of benzene rings is 3. The molecule has 2 aliphatic heterocycles. The standard InChI is InChI=1S/C31H29F2NO4/c1-37-27-14-13-25(28(32)29(27)33)30(35)18-15-19-7-6-8-20(16-18)34(19)31(36)38-17-26-23-11-4-2-9-21(23)22-10-3-5-12-24(22)26/h2-5,9-14,18-20,26H,6-8,15-17H2,1H3. The van der Waals surface area contributed by atoms with Gasteiger partial charge in [-0.05, 0) is 66.5 Å². The Labute approximate surface area is 220 Å². The molecular formula is C31H29F2NO4. The molecule has 0 radical (unpaired) electrons. The van der Waals surface area contributed by atoms with Gasteiger partial charge >= 0.3 is 6.09 Å². The lowest BCUT2D eigenvalue weighted by Crippen LogP contribution is -2.56. The highest BCUT2D eigenvalue weighted by molar-refractivity contribution is 5.98. The second-order valence-corrected chi connectivity index (χ2v) is 10.4. The SMILES string of the molecule is COc1ccc(C(=O)C2CC3CCCC(C2)N3C(=O)OCC2c3ccccc3-c3ccccc32)c(F)c1F. The smallest absolute Gasteiger partial charge is 0.410 e. The summed E-state index contributed by atoms with van der Waals surface area (Å²) >= 11 is 0. The van der Waals surface area contributed by atoms with Crippen molar-refractivity contribution in [3.8, 4) is 16.9 Å². The lowest BCUT2D eigenvalue weighted by atomic mass is 9.75. The summed E-state index contributed by atoms with van der Waals surface area (Å²) in [5, 5.41) is 0. The third-order valence-electron chi connectivity index (χ3n) is 8.42. The molecule has 38 heavy (non-hydrogen) atoms. The fourth-order valence-electron chi connectivity index (χ4n) is 6.66. The normalized spacial score (nSPS) is 22.0. The number of fused-ring (bicyclic) bond motifs is 5. The molecule has 2 fully saturated rings. The van der Waals surface area contributed by atoms with Crippen LogP contribution in [-0.4, -0.2) is 42.6 Å². The second-order valence-electron chi connectivity index (χ2n) is 10.4. The van der Waals surface area contributed by atoms with Gasteiger partial charge in [-0.25, -0.2) is 9.18 Å². The van der Waals surface area contributed by atoms with Crippen molar-refractivity contribution in [1.29, 1.82) is 0 Å². The number of carbonyl (C=O) groups excluding carboxylic acids is 2. The van der Waals surface area contributed by atoms with Gasteiger partial charge in [-0.15, -0.1) is 0 Å². The summed E-state index contributed by atoms with van der Waals surface area (Å²) in [6.45, 7) is 0.238. The maximum Gasteiger partial charge on any atom is 0.410 e. The van der Waals surface area contributed by atoms with Crippen molar-refractivity contribution >= 4 is 11.9 Å². The molecular weight excluding hydrogens is 488 g/mol. The lowest BCUT2D eigenvalue weighted by Gasteiger charge is -2.47. The molecule has 7 heteroatoms. The Morgan fingerprint density at radius 2 is 1.47 bits per heavy atom. The van der Waals surface area contributed by atoms with Gasteiger partial charge in [0.15, 0.2) is 17.3 Å². The number of hydrogen-bond acceptors (Lipinski definition) is 4. The van der Waals surface area contributed by atoms with Gasteiger partial charge in [0, 0.05) is 23.9 Å². The van der Waals surface area contributed by atoms with Gasteiger partial charge in [-0.1, -0.05) is 48.5 Å². The Bertz CT molecular complexity index is 1350. The minimum absolute atomic E-state index is 0.0294. The summed E-state index contributed by atoms with van der Waals surface area (Å²) < 4.78 is 39.7. The van der Waals surface area contributed by atoms with Gasteiger partial charge in [0.2, 0.25) is 5.82 Å². The molecule has 5 nitrogen and oxygen atoms in total. The van der Waals surface area contributed by atoms with E-state index in [1.807, 2.05) is 24.3 Å². The molecule has 6 rings (SSSR count). The molecule has 2 saturated heterocycles. The summed E-state index contributed by atoms with van der Waals surface area (Å²) in [5.74, 6) is -3.51. The topological polar surface area (TPSA) is 55.8 Å². The summed E-state index contributed by atoms with van der Waals surface area (Å²) in [7, 11) is 1.25. The Hall–Kier alpha value is -3.74. The average Bonchev–Trinajstić information content (AvgIpc) is 3.25. The fourth-order valence-corrected chi connectivity index (χ4v) is 6.66. The van der Waals surface area contributed by atoms with Gasteiger partial charge in [-0.3, -0.25) is 4.79 Å². The van der Waals surface area contributed by atoms with Crippen LogP contribution in [0.2, 0.25) is 0 Å². The van der Waals surface area contributed by atoms with E-state index in [1.165, 1.54) is 30.4 Å². The molecule has 0 N–H and O–H groups in total. The number of ether oxygens (including phenoxy) is 2. The van der Waals surface area contributed by atoms with Gasteiger partial charge in [0.1, 0.15) is 6.61 Å². The zero-order valence-corrected chi connectivity index (χ0v) is 21.2. The minimum Gasteiger partial charge on any atom is -0.494 e. The molecule has 2 bridgehead atoms. The van der Waals surface area contributed by atoms with Crippen molar-refractivity contribution < 1.29 is 27.8 Å². The van der Waals surface area contributed by atoms with Crippen LogP contribution in [0.15, 0.2) is 60.7 Å². The third kappa shape index (κ3) is 4.05. The summed E-state index contributed by atoms with van der Waals surface area (Å²) in [6, 6.07) is 18.6. The van der Waals surface area contributed by atoms with E-state index in [0.717, 1.165) is 30.4 Å². The second kappa shape index (κ2) is 9.86. The molecule has 3 aliphatic rings. The minimum atomic E-state index is -1.18. The number of ketones is 1. The predicted molar refractivity (Wildman–Crippen MR) is 138 cm³/mol. The highest BCUT2D eigenvalue weighted by atomic mass is 19.2. The number of amides is 1. The van der Waals surface area contributed by atoms with Crippen LogP contribution in [0.4, 0.5) is 13.6 Å². The molecule has 2 heterocycles. The molecule has 0 aromatic heterocycles. The number of methoxy groups -OCH3 is 1. The van der Waals surface area contributed by atoms with E-state index in [-0.39, 0.29) is 42.0 Å². The molecule has 2 atom stereocenters. The van der Waals surface area contributed by atoms with Crippen molar-refractivity contribution in [1.82, 2.24) is 4.90 Å². The van der Waals surface area contributed by atoms with Crippen LogP contribution in [0.1, 0.15) is 59.5 Å². The Morgan fingerprint density at radius 3 is 2.08 bits per heavy atom. The number of Topliss-reactive ketones (excluding diaryl/α,β-unsaturated/α-hetero) is 1. The fraction of sp³-hybridized carbons (Fsp3) is 0.355. The van der Waals surface area contributed by atoms with Crippen LogP contribution in [0.3, 0.4) is 0 Å². The highest BCUT2D eigenvalue weighted by Gasteiger charge is 2.44. The first-order valence-corrected chi connectivity index (χ1v) is 13.2. The summed E-state index contributed by atoms with van der Waals surface area (Å²) in [5.41, 5.74) is 4.38. The van der Waals surface area contributed by atoms with Crippen molar-refractivity contribution in [2.24, 2.45) is 5.92 Å². The average molecular weight is 518 g/mol. The first kappa shape index (κ1) is 24.6.